The number of rotatable bonds is 6. The van der Waals surface area contributed by atoms with Gasteiger partial charge in [-0.2, -0.15) is 0 Å². The van der Waals surface area contributed by atoms with Crippen LogP contribution in [0.3, 0.4) is 0 Å². The van der Waals surface area contributed by atoms with E-state index in [0.29, 0.717) is 6.42 Å². The summed E-state index contributed by atoms with van der Waals surface area (Å²) in [6, 6.07) is 3.66. The van der Waals surface area contributed by atoms with Gasteiger partial charge in [0.05, 0.1) is 12.4 Å². The minimum Gasteiger partial charge on any atom is -0.292 e. The summed E-state index contributed by atoms with van der Waals surface area (Å²) < 4.78 is 26.4. The smallest absolute Gasteiger partial charge is 0.243 e. The van der Waals surface area contributed by atoms with Gasteiger partial charge in [-0.25, -0.2) is 29.0 Å². The van der Waals surface area contributed by atoms with E-state index in [1.165, 1.54) is 12.4 Å². The fourth-order valence-electron chi connectivity index (χ4n) is 1.49. The number of anilines is 1. The first-order valence-corrected chi connectivity index (χ1v) is 7.27. The first-order chi connectivity index (χ1) is 9.62. The van der Waals surface area contributed by atoms with E-state index < -0.39 is 10.0 Å². The Bertz CT molecular complexity index is 644. The van der Waals surface area contributed by atoms with E-state index in [1.807, 2.05) is 12.1 Å². The van der Waals surface area contributed by atoms with E-state index in [-0.39, 0.29) is 17.4 Å². The lowest BCUT2D eigenvalue weighted by Gasteiger charge is -2.06. The van der Waals surface area contributed by atoms with Crippen molar-refractivity contribution in [1.82, 2.24) is 19.7 Å². The van der Waals surface area contributed by atoms with Crippen LogP contribution in [0.2, 0.25) is 0 Å². The fourth-order valence-corrected chi connectivity index (χ4v) is 2.41. The number of hydrogen-bond acceptors (Lipinski definition) is 7. The first-order valence-electron chi connectivity index (χ1n) is 5.79. The molecule has 0 saturated carbocycles. The molecular formula is C11H14N6O2S. The van der Waals surface area contributed by atoms with E-state index in [9.17, 15) is 8.42 Å². The zero-order chi connectivity index (χ0) is 14.4. The number of pyridine rings is 1. The second-order valence-corrected chi connectivity index (χ2v) is 5.66. The Morgan fingerprint density at radius 1 is 1.15 bits per heavy atom. The summed E-state index contributed by atoms with van der Waals surface area (Å²) >= 11 is 0. The van der Waals surface area contributed by atoms with Crippen molar-refractivity contribution < 1.29 is 8.42 Å². The van der Waals surface area contributed by atoms with E-state index in [1.54, 1.807) is 12.4 Å². The normalized spacial score (nSPS) is 11.2. The van der Waals surface area contributed by atoms with Crippen molar-refractivity contribution in [3.63, 3.8) is 0 Å². The third-order valence-corrected chi connectivity index (χ3v) is 3.94. The first kappa shape index (κ1) is 14.3. The lowest BCUT2D eigenvalue weighted by Crippen LogP contribution is -2.26. The average Bonchev–Trinajstić information content (AvgIpc) is 2.48. The number of sulfonamides is 1. The highest BCUT2D eigenvalue weighted by molar-refractivity contribution is 7.89. The molecule has 9 heteroatoms. The molecule has 2 heterocycles. The Hall–Kier alpha value is -2.10. The Morgan fingerprint density at radius 3 is 2.40 bits per heavy atom. The van der Waals surface area contributed by atoms with Crippen molar-refractivity contribution >= 4 is 16.0 Å². The molecule has 0 unspecified atom stereocenters. The van der Waals surface area contributed by atoms with E-state index in [4.69, 9.17) is 5.84 Å². The van der Waals surface area contributed by atoms with Gasteiger partial charge in [-0.15, -0.1) is 0 Å². The summed E-state index contributed by atoms with van der Waals surface area (Å²) in [6.07, 6.45) is 6.28. The Balaban J connectivity index is 1.96. The molecule has 0 aliphatic heterocycles. The van der Waals surface area contributed by atoms with Crippen molar-refractivity contribution in [2.45, 2.75) is 11.3 Å². The topological polar surface area (TPSA) is 123 Å². The van der Waals surface area contributed by atoms with Crippen molar-refractivity contribution in [3.05, 3.63) is 42.5 Å². The van der Waals surface area contributed by atoms with Crippen LogP contribution in [0.25, 0.3) is 0 Å². The molecule has 0 bridgehead atoms. The molecular weight excluding hydrogens is 280 g/mol. The van der Waals surface area contributed by atoms with Crippen molar-refractivity contribution in [1.29, 1.82) is 0 Å². The maximum Gasteiger partial charge on any atom is 0.243 e. The SMILES string of the molecule is NNc1ncc(S(=O)(=O)NCCc2ccncc2)cn1. The molecule has 0 amide bonds. The minimum absolute atomic E-state index is 0.00812. The molecule has 2 aromatic heterocycles. The highest BCUT2D eigenvalue weighted by Gasteiger charge is 2.14. The molecule has 2 rings (SSSR count). The van der Waals surface area contributed by atoms with Crippen LogP contribution >= 0.6 is 0 Å². The summed E-state index contributed by atoms with van der Waals surface area (Å²) in [5.41, 5.74) is 3.23. The lowest BCUT2D eigenvalue weighted by molar-refractivity contribution is 0.580. The predicted octanol–water partition coefficient (Wildman–Crippen LogP) is -0.322. The molecule has 0 aliphatic carbocycles. The van der Waals surface area contributed by atoms with Gasteiger partial charge in [0.1, 0.15) is 4.90 Å². The maximum atomic E-state index is 12.0. The average molecular weight is 294 g/mol. The van der Waals surface area contributed by atoms with Gasteiger partial charge in [-0.05, 0) is 24.1 Å². The minimum atomic E-state index is -3.61. The van der Waals surface area contributed by atoms with Crippen molar-refractivity contribution in [2.24, 2.45) is 5.84 Å². The second kappa shape index (κ2) is 6.37. The lowest BCUT2D eigenvalue weighted by atomic mass is 10.2. The van der Waals surface area contributed by atoms with Gasteiger partial charge in [0.15, 0.2) is 0 Å². The highest BCUT2D eigenvalue weighted by Crippen LogP contribution is 2.07. The van der Waals surface area contributed by atoms with Crippen molar-refractivity contribution in [2.75, 3.05) is 12.0 Å². The molecule has 106 valence electrons. The molecule has 8 nitrogen and oxygen atoms in total. The van der Waals surface area contributed by atoms with E-state index in [2.05, 4.69) is 25.1 Å². The molecule has 0 radical (unpaired) electrons. The van der Waals surface area contributed by atoms with Gasteiger partial charge < -0.3 is 0 Å². The number of nitrogens with zero attached hydrogens (tertiary/aromatic N) is 3. The fraction of sp³-hybridized carbons (Fsp3) is 0.182. The summed E-state index contributed by atoms with van der Waals surface area (Å²) in [6.45, 7) is 0.281. The Morgan fingerprint density at radius 2 is 1.80 bits per heavy atom. The van der Waals surface area contributed by atoms with Gasteiger partial charge in [0.2, 0.25) is 16.0 Å². The number of nitrogen functional groups attached to an aromatic ring is 1. The van der Waals surface area contributed by atoms with Gasteiger partial charge >= 0.3 is 0 Å². The second-order valence-electron chi connectivity index (χ2n) is 3.89. The summed E-state index contributed by atoms with van der Waals surface area (Å²) in [4.78, 5) is 11.4. The Labute approximate surface area is 116 Å². The zero-order valence-corrected chi connectivity index (χ0v) is 11.3. The van der Waals surface area contributed by atoms with Crippen LogP contribution in [0, 0.1) is 0 Å². The molecule has 0 atom stereocenters. The Kier molecular flexibility index (Phi) is 4.56. The summed E-state index contributed by atoms with van der Waals surface area (Å²) in [5.74, 6) is 5.26. The zero-order valence-electron chi connectivity index (χ0n) is 10.5. The van der Waals surface area contributed by atoms with Gasteiger partial charge in [0, 0.05) is 18.9 Å². The van der Waals surface area contributed by atoms with Gasteiger partial charge in [-0.3, -0.25) is 10.4 Å². The molecule has 0 aliphatic rings. The molecule has 20 heavy (non-hydrogen) atoms. The van der Waals surface area contributed by atoms with E-state index in [0.717, 1.165) is 5.56 Å². The van der Waals surface area contributed by atoms with Crippen LogP contribution in [-0.4, -0.2) is 29.9 Å². The highest BCUT2D eigenvalue weighted by atomic mass is 32.2. The number of aromatic nitrogens is 3. The standard InChI is InChI=1S/C11H14N6O2S/c12-17-11-14-7-10(8-15-11)20(18,19)16-6-3-9-1-4-13-5-2-9/h1-2,4-5,7-8,16H,3,6,12H2,(H,14,15,17). The van der Waals surface area contributed by atoms with Crippen LogP contribution in [0.4, 0.5) is 5.95 Å². The van der Waals surface area contributed by atoms with Crippen LogP contribution in [0.15, 0.2) is 41.8 Å². The van der Waals surface area contributed by atoms with Gasteiger partial charge in [-0.1, -0.05) is 0 Å². The summed E-state index contributed by atoms with van der Waals surface area (Å²) in [7, 11) is -3.61. The molecule has 0 saturated heterocycles. The van der Waals surface area contributed by atoms with Gasteiger partial charge in [0.25, 0.3) is 0 Å². The molecule has 4 N–H and O–H groups in total. The quantitative estimate of drug-likeness (QED) is 0.492. The largest absolute Gasteiger partial charge is 0.292 e. The number of nitrogens with two attached hydrogens (primary N) is 1. The monoisotopic (exact) mass is 294 g/mol. The van der Waals surface area contributed by atoms with Crippen molar-refractivity contribution in [3.8, 4) is 0 Å². The molecule has 0 spiro atoms. The molecule has 2 aromatic rings. The number of hydrogen-bond donors (Lipinski definition) is 3. The third-order valence-electron chi connectivity index (χ3n) is 2.52. The third kappa shape index (κ3) is 3.70. The van der Waals surface area contributed by atoms with Crippen LogP contribution < -0.4 is 16.0 Å². The predicted molar refractivity (Wildman–Crippen MR) is 73.0 cm³/mol. The van der Waals surface area contributed by atoms with Crippen LogP contribution in [-0.2, 0) is 16.4 Å². The molecule has 0 aromatic carbocycles. The van der Waals surface area contributed by atoms with Crippen LogP contribution in [0.5, 0.6) is 0 Å². The number of nitrogens with one attached hydrogen (secondary N) is 2. The maximum absolute atomic E-state index is 12.0. The van der Waals surface area contributed by atoms with E-state index >= 15 is 0 Å². The summed E-state index contributed by atoms with van der Waals surface area (Å²) in [5, 5.41) is 0. The molecule has 0 fully saturated rings. The number of hydrazine groups is 1. The van der Waals surface area contributed by atoms with Crippen LogP contribution in [0.1, 0.15) is 5.56 Å².